The van der Waals surface area contributed by atoms with Crippen molar-refractivity contribution in [3.05, 3.63) is 59.2 Å². The van der Waals surface area contributed by atoms with Crippen molar-refractivity contribution in [2.75, 3.05) is 0 Å². The third-order valence-corrected chi connectivity index (χ3v) is 6.82. The topological polar surface area (TPSA) is 28.7 Å². The van der Waals surface area contributed by atoms with Gasteiger partial charge in [-0.15, -0.1) is 23.2 Å². The maximum Gasteiger partial charge on any atom is 0.166 e. The lowest BCUT2D eigenvalue weighted by molar-refractivity contribution is 0.792. The lowest BCUT2D eigenvalue weighted by Gasteiger charge is -2.16. The van der Waals surface area contributed by atoms with Crippen molar-refractivity contribution in [3.8, 4) is 0 Å². The SMILES string of the molecule is Cc1cc2nc(SC(c3ccccc3)C3CC3(Cl)Cl)[nH]c2cc1C. The number of H-pyrrole nitrogens is 1. The Labute approximate surface area is 156 Å². The molecular weight excluding hydrogens is 359 g/mol. The van der Waals surface area contributed by atoms with Crippen molar-refractivity contribution in [2.45, 2.75) is 35.0 Å². The fraction of sp³-hybridized carbons (Fsp3) is 0.316. The van der Waals surface area contributed by atoms with Crippen molar-refractivity contribution in [1.82, 2.24) is 9.97 Å². The second-order valence-electron chi connectivity index (χ2n) is 6.52. The van der Waals surface area contributed by atoms with Crippen LogP contribution in [0, 0.1) is 19.8 Å². The molecule has 2 aromatic carbocycles. The first-order chi connectivity index (χ1) is 11.4. The molecule has 2 atom stereocenters. The minimum Gasteiger partial charge on any atom is -0.333 e. The van der Waals surface area contributed by atoms with Crippen LogP contribution >= 0.6 is 35.0 Å². The number of imidazole rings is 1. The Balaban J connectivity index is 1.68. The average Bonchev–Trinajstić information content (AvgIpc) is 3.00. The highest BCUT2D eigenvalue weighted by Crippen LogP contribution is 2.63. The quantitative estimate of drug-likeness (QED) is 0.433. The van der Waals surface area contributed by atoms with Gasteiger partial charge in [0.05, 0.1) is 11.0 Å². The van der Waals surface area contributed by atoms with Crippen LogP contribution in [0.15, 0.2) is 47.6 Å². The summed E-state index contributed by atoms with van der Waals surface area (Å²) in [7, 11) is 0. The zero-order valence-electron chi connectivity index (χ0n) is 13.5. The van der Waals surface area contributed by atoms with Crippen LogP contribution in [-0.4, -0.2) is 14.3 Å². The van der Waals surface area contributed by atoms with Gasteiger partial charge in [0.25, 0.3) is 0 Å². The molecule has 1 aliphatic carbocycles. The average molecular weight is 377 g/mol. The molecule has 0 saturated heterocycles. The number of rotatable bonds is 4. The number of alkyl halides is 2. The van der Waals surface area contributed by atoms with Crippen LogP contribution in [0.2, 0.25) is 0 Å². The molecule has 4 rings (SSSR count). The molecule has 0 aliphatic heterocycles. The van der Waals surface area contributed by atoms with E-state index in [2.05, 4.69) is 55.2 Å². The zero-order chi connectivity index (χ0) is 16.9. The van der Waals surface area contributed by atoms with Crippen LogP contribution in [0.1, 0.15) is 28.4 Å². The summed E-state index contributed by atoms with van der Waals surface area (Å²) in [6.45, 7) is 4.23. The highest BCUT2D eigenvalue weighted by molar-refractivity contribution is 7.99. The maximum atomic E-state index is 6.36. The minimum atomic E-state index is -0.618. The van der Waals surface area contributed by atoms with E-state index in [1.54, 1.807) is 11.8 Å². The van der Waals surface area contributed by atoms with Crippen molar-refractivity contribution in [3.63, 3.8) is 0 Å². The summed E-state index contributed by atoms with van der Waals surface area (Å²) >= 11 is 14.4. The van der Waals surface area contributed by atoms with E-state index in [1.807, 2.05) is 6.07 Å². The minimum absolute atomic E-state index is 0.198. The lowest BCUT2D eigenvalue weighted by Crippen LogP contribution is -2.02. The van der Waals surface area contributed by atoms with E-state index in [1.165, 1.54) is 16.7 Å². The van der Waals surface area contributed by atoms with Gasteiger partial charge in [-0.25, -0.2) is 4.98 Å². The first-order valence-electron chi connectivity index (χ1n) is 8.00. The smallest absolute Gasteiger partial charge is 0.166 e. The number of nitrogens with zero attached hydrogens (tertiary/aromatic N) is 1. The molecule has 1 heterocycles. The van der Waals surface area contributed by atoms with Crippen molar-refractivity contribution >= 4 is 46.0 Å². The first-order valence-corrected chi connectivity index (χ1v) is 9.64. The number of aryl methyl sites for hydroxylation is 2. The Kier molecular flexibility index (Phi) is 4.06. The second kappa shape index (κ2) is 5.98. The van der Waals surface area contributed by atoms with Crippen molar-refractivity contribution in [1.29, 1.82) is 0 Å². The highest BCUT2D eigenvalue weighted by Gasteiger charge is 2.56. The van der Waals surface area contributed by atoms with Gasteiger partial charge >= 0.3 is 0 Å². The van der Waals surface area contributed by atoms with Crippen LogP contribution in [0.25, 0.3) is 11.0 Å². The zero-order valence-corrected chi connectivity index (χ0v) is 15.8. The molecule has 1 aromatic heterocycles. The van der Waals surface area contributed by atoms with E-state index in [0.717, 1.165) is 22.6 Å². The molecule has 24 heavy (non-hydrogen) atoms. The van der Waals surface area contributed by atoms with Gasteiger partial charge in [0, 0.05) is 11.2 Å². The first kappa shape index (κ1) is 16.3. The number of aromatic nitrogens is 2. The standard InChI is InChI=1S/C19H18Cl2N2S/c1-11-8-15-16(9-12(11)2)23-18(22-15)24-17(14-10-19(14,20)21)13-6-4-3-5-7-13/h3-9,14,17H,10H2,1-2H3,(H,22,23). The fourth-order valence-electron chi connectivity index (χ4n) is 3.01. The summed E-state index contributed by atoms with van der Waals surface area (Å²) in [5.74, 6) is 0.241. The number of halogens is 2. The monoisotopic (exact) mass is 376 g/mol. The predicted molar refractivity (Wildman–Crippen MR) is 103 cm³/mol. The number of nitrogens with one attached hydrogen (secondary N) is 1. The maximum absolute atomic E-state index is 6.36. The molecule has 0 spiro atoms. The molecule has 1 aliphatic rings. The normalized spacial score (nSPS) is 20.2. The number of hydrogen-bond acceptors (Lipinski definition) is 2. The largest absolute Gasteiger partial charge is 0.333 e. The summed E-state index contributed by atoms with van der Waals surface area (Å²) in [4.78, 5) is 8.20. The molecule has 124 valence electrons. The Morgan fingerprint density at radius 1 is 1.17 bits per heavy atom. The highest BCUT2D eigenvalue weighted by atomic mass is 35.5. The number of thioether (sulfide) groups is 1. The fourth-order valence-corrected chi connectivity index (χ4v) is 5.09. The predicted octanol–water partition coefficient (Wildman–Crippen LogP) is 6.21. The van der Waals surface area contributed by atoms with E-state index in [9.17, 15) is 0 Å². The molecule has 1 fully saturated rings. The van der Waals surface area contributed by atoms with E-state index < -0.39 is 4.33 Å². The molecule has 2 unspecified atom stereocenters. The van der Waals surface area contributed by atoms with Gasteiger partial charge in [-0.1, -0.05) is 42.1 Å². The molecule has 3 aromatic rings. The van der Waals surface area contributed by atoms with Crippen LogP contribution in [0.4, 0.5) is 0 Å². The van der Waals surface area contributed by atoms with Crippen molar-refractivity contribution < 1.29 is 0 Å². The summed E-state index contributed by atoms with van der Waals surface area (Å²) < 4.78 is -0.618. The molecule has 0 radical (unpaired) electrons. The van der Waals surface area contributed by atoms with Gasteiger partial charge in [0.2, 0.25) is 0 Å². The molecule has 1 saturated carbocycles. The van der Waals surface area contributed by atoms with E-state index in [-0.39, 0.29) is 11.2 Å². The molecule has 0 bridgehead atoms. The third-order valence-electron chi connectivity index (χ3n) is 4.68. The van der Waals surface area contributed by atoms with Gasteiger partial charge in [-0.2, -0.15) is 0 Å². The van der Waals surface area contributed by atoms with Gasteiger partial charge in [0.1, 0.15) is 4.33 Å². The van der Waals surface area contributed by atoms with E-state index in [0.29, 0.717) is 0 Å². The molecular formula is C19H18Cl2N2S. The van der Waals surface area contributed by atoms with Crippen molar-refractivity contribution in [2.24, 2.45) is 5.92 Å². The van der Waals surface area contributed by atoms with E-state index in [4.69, 9.17) is 28.2 Å². The van der Waals surface area contributed by atoms with Gasteiger partial charge < -0.3 is 4.98 Å². The van der Waals surface area contributed by atoms with E-state index >= 15 is 0 Å². The molecule has 0 amide bonds. The number of benzene rings is 2. The van der Waals surface area contributed by atoms with Crippen LogP contribution < -0.4 is 0 Å². The Morgan fingerprint density at radius 3 is 2.50 bits per heavy atom. The Hall–Kier alpha value is -1.16. The number of fused-ring (bicyclic) bond motifs is 1. The number of hydrogen-bond donors (Lipinski definition) is 1. The molecule has 2 nitrogen and oxygen atoms in total. The third kappa shape index (κ3) is 3.05. The summed E-state index contributed by atoms with van der Waals surface area (Å²) in [5, 5.41) is 1.11. The summed E-state index contributed by atoms with van der Waals surface area (Å²) in [6.07, 6.45) is 0.821. The molecule has 1 N–H and O–H groups in total. The summed E-state index contributed by atoms with van der Waals surface area (Å²) in [6, 6.07) is 14.7. The Morgan fingerprint density at radius 2 is 1.83 bits per heavy atom. The van der Waals surface area contributed by atoms with Crippen LogP contribution in [0.5, 0.6) is 0 Å². The van der Waals surface area contributed by atoms with Crippen LogP contribution in [0.3, 0.4) is 0 Å². The Bertz CT molecular complexity index is 850. The van der Waals surface area contributed by atoms with Gasteiger partial charge in [0.15, 0.2) is 5.16 Å². The lowest BCUT2D eigenvalue weighted by atomic mass is 10.1. The van der Waals surface area contributed by atoms with Gasteiger partial charge in [-0.05, 0) is 49.1 Å². The second-order valence-corrected chi connectivity index (χ2v) is 9.19. The van der Waals surface area contributed by atoms with Gasteiger partial charge in [-0.3, -0.25) is 0 Å². The summed E-state index contributed by atoms with van der Waals surface area (Å²) in [5.41, 5.74) is 5.85. The van der Waals surface area contributed by atoms with Crippen LogP contribution in [-0.2, 0) is 0 Å². The molecule has 5 heteroatoms. The number of aromatic amines is 1.